The van der Waals surface area contributed by atoms with Crippen molar-refractivity contribution in [3.8, 4) is 11.1 Å². The largest absolute Gasteiger partial charge is 0.299 e. The Morgan fingerprint density at radius 2 is 1.70 bits per heavy atom. The predicted molar refractivity (Wildman–Crippen MR) is 82.9 cm³/mol. The topological polar surface area (TPSA) is 17.1 Å². The van der Waals surface area contributed by atoms with E-state index in [-0.39, 0.29) is 5.41 Å². The van der Waals surface area contributed by atoms with Gasteiger partial charge in [0.05, 0.1) is 0 Å². The van der Waals surface area contributed by atoms with Crippen LogP contribution in [0.1, 0.15) is 37.5 Å². The van der Waals surface area contributed by atoms with Gasteiger partial charge in [-0.3, -0.25) is 4.79 Å². The number of benzene rings is 2. The van der Waals surface area contributed by atoms with Crippen LogP contribution in [0.2, 0.25) is 0 Å². The second kappa shape index (κ2) is 4.59. The van der Waals surface area contributed by atoms with Crippen LogP contribution in [-0.4, -0.2) is 5.78 Å². The molecule has 0 atom stereocenters. The van der Waals surface area contributed by atoms with E-state index in [1.807, 2.05) is 20.8 Å². The highest BCUT2D eigenvalue weighted by Gasteiger charge is 2.22. The lowest BCUT2D eigenvalue weighted by Crippen LogP contribution is -2.22. The molecule has 1 aliphatic carbocycles. The molecule has 0 saturated heterocycles. The highest BCUT2D eigenvalue weighted by molar-refractivity contribution is 5.86. The Morgan fingerprint density at radius 1 is 1.00 bits per heavy atom. The van der Waals surface area contributed by atoms with Gasteiger partial charge in [0.25, 0.3) is 0 Å². The molecular formula is C19H20O. The fourth-order valence-corrected chi connectivity index (χ4v) is 2.76. The van der Waals surface area contributed by atoms with E-state index in [1.54, 1.807) is 0 Å². The van der Waals surface area contributed by atoms with Gasteiger partial charge in [-0.05, 0) is 34.2 Å². The summed E-state index contributed by atoms with van der Waals surface area (Å²) in [5.74, 6) is 0.299. The van der Waals surface area contributed by atoms with Gasteiger partial charge in [0.1, 0.15) is 5.78 Å². The third-order valence-corrected chi connectivity index (χ3v) is 4.06. The smallest absolute Gasteiger partial charge is 0.142 e. The summed E-state index contributed by atoms with van der Waals surface area (Å²) < 4.78 is 0. The lowest BCUT2D eigenvalue weighted by atomic mass is 9.86. The Hall–Kier alpha value is -1.89. The third-order valence-electron chi connectivity index (χ3n) is 4.06. The zero-order chi connectivity index (χ0) is 14.3. The van der Waals surface area contributed by atoms with Crippen molar-refractivity contribution in [2.75, 3.05) is 0 Å². The first kappa shape index (κ1) is 13.1. The van der Waals surface area contributed by atoms with Crippen LogP contribution in [0.5, 0.6) is 0 Å². The molecule has 0 N–H and O–H groups in total. The highest BCUT2D eigenvalue weighted by atomic mass is 16.1. The van der Waals surface area contributed by atoms with Gasteiger partial charge in [0, 0.05) is 11.8 Å². The molecule has 0 saturated carbocycles. The summed E-state index contributed by atoms with van der Waals surface area (Å²) in [4.78, 5) is 12.2. The standard InChI is InChI=1S/C19H20O/c1-19(2,3)18(20)11-13-8-9-17-15(10-13)12-14-6-4-5-7-16(14)17/h4-10H,11-12H2,1-3H3. The summed E-state index contributed by atoms with van der Waals surface area (Å²) in [6.45, 7) is 5.95. The second-order valence-electron chi connectivity index (χ2n) is 6.68. The number of hydrogen-bond acceptors (Lipinski definition) is 1. The van der Waals surface area contributed by atoms with Gasteiger partial charge in [-0.15, -0.1) is 0 Å². The van der Waals surface area contributed by atoms with Crippen LogP contribution >= 0.6 is 0 Å². The zero-order valence-electron chi connectivity index (χ0n) is 12.4. The van der Waals surface area contributed by atoms with Crippen LogP contribution in [0.4, 0.5) is 0 Å². The number of Topliss-reactive ketones (excluding diaryl/α,β-unsaturated/α-hetero) is 1. The molecule has 20 heavy (non-hydrogen) atoms. The molecular weight excluding hydrogens is 244 g/mol. The summed E-state index contributed by atoms with van der Waals surface area (Å²) in [6, 6.07) is 15.0. The van der Waals surface area contributed by atoms with Crippen LogP contribution < -0.4 is 0 Å². The third kappa shape index (κ3) is 2.29. The van der Waals surface area contributed by atoms with Crippen molar-refractivity contribution in [1.29, 1.82) is 0 Å². The molecule has 0 aliphatic heterocycles. The number of fused-ring (bicyclic) bond motifs is 3. The van der Waals surface area contributed by atoms with Gasteiger partial charge in [0.2, 0.25) is 0 Å². The zero-order valence-corrected chi connectivity index (χ0v) is 12.4. The molecule has 102 valence electrons. The molecule has 0 amide bonds. The summed E-state index contributed by atoms with van der Waals surface area (Å²) in [5, 5.41) is 0. The SMILES string of the molecule is CC(C)(C)C(=O)Cc1ccc2c(c1)Cc1ccccc1-2. The van der Waals surface area contributed by atoms with Crippen molar-refractivity contribution in [1.82, 2.24) is 0 Å². The number of ketones is 1. The van der Waals surface area contributed by atoms with Gasteiger partial charge in [-0.1, -0.05) is 63.2 Å². The molecule has 0 fully saturated rings. The molecule has 0 unspecified atom stereocenters. The second-order valence-corrected chi connectivity index (χ2v) is 6.68. The van der Waals surface area contributed by atoms with Crippen molar-refractivity contribution in [3.63, 3.8) is 0 Å². The minimum absolute atomic E-state index is 0.262. The Kier molecular flexibility index (Phi) is 3.01. The van der Waals surface area contributed by atoms with Crippen molar-refractivity contribution in [2.45, 2.75) is 33.6 Å². The van der Waals surface area contributed by atoms with Gasteiger partial charge in [-0.25, -0.2) is 0 Å². The first-order chi connectivity index (χ1) is 9.45. The maximum Gasteiger partial charge on any atom is 0.142 e. The van der Waals surface area contributed by atoms with E-state index in [0.717, 1.165) is 12.0 Å². The van der Waals surface area contributed by atoms with Crippen LogP contribution in [0.15, 0.2) is 42.5 Å². The van der Waals surface area contributed by atoms with E-state index < -0.39 is 0 Å². The van der Waals surface area contributed by atoms with E-state index in [0.29, 0.717) is 12.2 Å². The molecule has 2 aromatic carbocycles. The van der Waals surface area contributed by atoms with E-state index in [1.165, 1.54) is 22.3 Å². The van der Waals surface area contributed by atoms with E-state index in [9.17, 15) is 4.79 Å². The average molecular weight is 264 g/mol. The maximum absolute atomic E-state index is 12.2. The molecule has 1 aliphatic rings. The van der Waals surface area contributed by atoms with Crippen LogP contribution in [-0.2, 0) is 17.6 Å². The minimum atomic E-state index is -0.262. The van der Waals surface area contributed by atoms with Crippen LogP contribution in [0.25, 0.3) is 11.1 Å². The van der Waals surface area contributed by atoms with Crippen LogP contribution in [0.3, 0.4) is 0 Å². The summed E-state index contributed by atoms with van der Waals surface area (Å²) in [7, 11) is 0. The maximum atomic E-state index is 12.2. The number of hydrogen-bond donors (Lipinski definition) is 0. The first-order valence-corrected chi connectivity index (χ1v) is 7.18. The minimum Gasteiger partial charge on any atom is -0.299 e. The van der Waals surface area contributed by atoms with Gasteiger partial charge in [0.15, 0.2) is 0 Å². The Morgan fingerprint density at radius 3 is 2.45 bits per heavy atom. The van der Waals surface area contributed by atoms with Crippen molar-refractivity contribution in [3.05, 3.63) is 59.2 Å². The fraction of sp³-hybridized carbons (Fsp3) is 0.316. The van der Waals surface area contributed by atoms with E-state index >= 15 is 0 Å². The van der Waals surface area contributed by atoms with Crippen molar-refractivity contribution in [2.24, 2.45) is 5.41 Å². The predicted octanol–water partition coefficient (Wildman–Crippen LogP) is 4.42. The Labute approximate surface area is 120 Å². The molecule has 0 aromatic heterocycles. The first-order valence-electron chi connectivity index (χ1n) is 7.18. The van der Waals surface area contributed by atoms with Crippen LogP contribution in [0, 0.1) is 5.41 Å². The molecule has 2 aromatic rings. The Balaban J connectivity index is 1.90. The number of rotatable bonds is 2. The van der Waals surface area contributed by atoms with Gasteiger partial charge >= 0.3 is 0 Å². The highest BCUT2D eigenvalue weighted by Crippen LogP contribution is 2.36. The summed E-state index contributed by atoms with van der Waals surface area (Å²) >= 11 is 0. The number of carbonyl (C=O) groups excluding carboxylic acids is 1. The Bertz CT molecular complexity index is 674. The van der Waals surface area contributed by atoms with E-state index in [2.05, 4.69) is 42.5 Å². The lowest BCUT2D eigenvalue weighted by Gasteiger charge is -2.16. The summed E-state index contributed by atoms with van der Waals surface area (Å²) in [5.41, 5.74) is 6.29. The molecule has 3 rings (SSSR count). The fourth-order valence-electron chi connectivity index (χ4n) is 2.76. The lowest BCUT2D eigenvalue weighted by molar-refractivity contribution is -0.125. The number of carbonyl (C=O) groups is 1. The molecule has 0 bridgehead atoms. The normalized spacial score (nSPS) is 12.9. The monoisotopic (exact) mass is 264 g/mol. The van der Waals surface area contributed by atoms with Crippen molar-refractivity contribution >= 4 is 5.78 Å². The van der Waals surface area contributed by atoms with Gasteiger partial charge in [-0.2, -0.15) is 0 Å². The molecule has 0 radical (unpaired) electrons. The van der Waals surface area contributed by atoms with E-state index in [4.69, 9.17) is 0 Å². The summed E-state index contributed by atoms with van der Waals surface area (Å²) in [6.07, 6.45) is 1.52. The molecule has 0 heterocycles. The average Bonchev–Trinajstić information content (AvgIpc) is 2.75. The molecule has 1 heteroatoms. The quantitative estimate of drug-likeness (QED) is 0.670. The molecule has 0 spiro atoms. The molecule has 1 nitrogen and oxygen atoms in total. The van der Waals surface area contributed by atoms with Gasteiger partial charge < -0.3 is 0 Å². The van der Waals surface area contributed by atoms with Crippen molar-refractivity contribution < 1.29 is 4.79 Å².